The molecule has 0 bridgehead atoms. The van der Waals surface area contributed by atoms with Gasteiger partial charge >= 0.3 is 0 Å². The Morgan fingerprint density at radius 3 is 2.78 bits per heavy atom. The van der Waals surface area contributed by atoms with Crippen molar-refractivity contribution < 1.29 is 9.84 Å². The second-order valence-corrected chi connectivity index (χ2v) is 6.45. The zero-order chi connectivity index (χ0) is 13.1. The van der Waals surface area contributed by atoms with E-state index >= 15 is 0 Å². The van der Waals surface area contributed by atoms with Gasteiger partial charge in [-0.25, -0.2) is 0 Å². The molecule has 96 valence electrons. The summed E-state index contributed by atoms with van der Waals surface area (Å²) in [6.07, 6.45) is -0.721. The first kappa shape index (κ1) is 13.9. The van der Waals surface area contributed by atoms with Crippen LogP contribution in [0.4, 0.5) is 0 Å². The summed E-state index contributed by atoms with van der Waals surface area (Å²) >= 11 is 10.8. The molecule has 0 fully saturated rings. The Morgan fingerprint density at radius 1 is 1.44 bits per heavy atom. The molecule has 0 radical (unpaired) electrons. The molecule has 1 unspecified atom stereocenters. The molecule has 18 heavy (non-hydrogen) atoms. The lowest BCUT2D eigenvalue weighted by molar-refractivity contribution is 0.215. The monoisotopic (exact) mass is 346 g/mol. The molecule has 5 heteroatoms. The normalized spacial score (nSPS) is 12.4. The molecule has 0 aliphatic heterocycles. The highest BCUT2D eigenvalue weighted by Gasteiger charge is 2.18. The molecule has 1 heterocycles. The van der Waals surface area contributed by atoms with E-state index in [0.29, 0.717) is 17.4 Å². The fourth-order valence-electron chi connectivity index (χ4n) is 1.64. The lowest BCUT2D eigenvalue weighted by Gasteiger charge is -2.14. The van der Waals surface area contributed by atoms with Crippen LogP contribution < -0.4 is 4.74 Å². The molecule has 1 aromatic carbocycles. The minimum absolute atomic E-state index is 0.568. The summed E-state index contributed by atoms with van der Waals surface area (Å²) in [6, 6.07) is 9.25. The highest BCUT2D eigenvalue weighted by Crippen LogP contribution is 2.39. The van der Waals surface area contributed by atoms with Gasteiger partial charge in [0.1, 0.15) is 11.9 Å². The zero-order valence-corrected chi connectivity index (χ0v) is 12.8. The quantitative estimate of drug-likeness (QED) is 0.872. The van der Waals surface area contributed by atoms with Crippen LogP contribution in [0.5, 0.6) is 5.75 Å². The van der Waals surface area contributed by atoms with Crippen LogP contribution in [0.15, 0.2) is 34.1 Å². The number of halogens is 2. The van der Waals surface area contributed by atoms with E-state index in [2.05, 4.69) is 15.9 Å². The second-order valence-electron chi connectivity index (χ2n) is 3.64. The van der Waals surface area contributed by atoms with Gasteiger partial charge in [-0.15, -0.1) is 11.3 Å². The Morgan fingerprint density at radius 2 is 2.17 bits per heavy atom. The van der Waals surface area contributed by atoms with Gasteiger partial charge in [0.2, 0.25) is 0 Å². The van der Waals surface area contributed by atoms with Crippen LogP contribution in [0.2, 0.25) is 5.02 Å². The maximum atomic E-state index is 10.4. The molecule has 1 aromatic heterocycles. The molecule has 2 aromatic rings. The standard InChI is InChI=1S/C13H12BrClO2S/c1-2-17-10-6-4-3-5-8(10)12(16)11-7-9(15)13(14)18-11/h3-7,12,16H,2H2,1H3. The Balaban J connectivity index is 2.36. The van der Waals surface area contributed by atoms with Crippen molar-refractivity contribution in [1.29, 1.82) is 0 Å². The van der Waals surface area contributed by atoms with Crippen molar-refractivity contribution in [3.8, 4) is 5.75 Å². The molecular weight excluding hydrogens is 336 g/mol. The molecular formula is C13H12BrClO2S. The summed E-state index contributed by atoms with van der Waals surface area (Å²) < 4.78 is 6.34. The fourth-order valence-corrected chi connectivity index (χ4v) is 3.40. The van der Waals surface area contributed by atoms with Crippen LogP contribution in [0.1, 0.15) is 23.5 Å². The van der Waals surface area contributed by atoms with Crippen LogP contribution in [-0.4, -0.2) is 11.7 Å². The van der Waals surface area contributed by atoms with E-state index in [1.54, 1.807) is 6.07 Å². The molecule has 2 nitrogen and oxygen atoms in total. The van der Waals surface area contributed by atoms with E-state index in [-0.39, 0.29) is 0 Å². The van der Waals surface area contributed by atoms with Crippen molar-refractivity contribution in [3.05, 3.63) is 49.6 Å². The van der Waals surface area contributed by atoms with E-state index in [4.69, 9.17) is 16.3 Å². The molecule has 0 aliphatic carbocycles. The lowest BCUT2D eigenvalue weighted by atomic mass is 10.1. The number of ether oxygens (including phenoxy) is 1. The molecule has 0 spiro atoms. The van der Waals surface area contributed by atoms with Gasteiger partial charge in [-0.2, -0.15) is 0 Å². The van der Waals surface area contributed by atoms with Gasteiger partial charge in [-0.1, -0.05) is 29.8 Å². The van der Waals surface area contributed by atoms with E-state index in [9.17, 15) is 5.11 Å². The first-order chi connectivity index (χ1) is 8.63. The largest absolute Gasteiger partial charge is 0.493 e. The van der Waals surface area contributed by atoms with E-state index < -0.39 is 6.10 Å². The summed E-state index contributed by atoms with van der Waals surface area (Å²) in [7, 11) is 0. The van der Waals surface area contributed by atoms with Crippen LogP contribution >= 0.6 is 38.9 Å². The minimum Gasteiger partial charge on any atom is -0.493 e. The van der Waals surface area contributed by atoms with E-state index in [0.717, 1.165) is 14.2 Å². The molecule has 0 aliphatic rings. The third kappa shape index (κ3) is 2.88. The molecule has 1 atom stereocenters. The van der Waals surface area contributed by atoms with Gasteiger partial charge in [0.15, 0.2) is 0 Å². The first-order valence-electron chi connectivity index (χ1n) is 5.48. The van der Waals surface area contributed by atoms with Gasteiger partial charge < -0.3 is 9.84 Å². The van der Waals surface area contributed by atoms with Crippen LogP contribution in [0, 0.1) is 0 Å². The van der Waals surface area contributed by atoms with Gasteiger partial charge in [0.05, 0.1) is 15.4 Å². The van der Waals surface area contributed by atoms with E-state index in [1.165, 1.54) is 11.3 Å². The highest BCUT2D eigenvalue weighted by atomic mass is 79.9. The van der Waals surface area contributed by atoms with Crippen molar-refractivity contribution >= 4 is 38.9 Å². The number of aliphatic hydroxyl groups is 1. The number of rotatable bonds is 4. The van der Waals surface area contributed by atoms with Crippen molar-refractivity contribution in [3.63, 3.8) is 0 Å². The number of hydrogen-bond acceptors (Lipinski definition) is 3. The Kier molecular flexibility index (Phi) is 4.67. The van der Waals surface area contributed by atoms with Gasteiger partial charge in [0, 0.05) is 10.4 Å². The topological polar surface area (TPSA) is 29.5 Å². The number of para-hydroxylation sites is 1. The highest BCUT2D eigenvalue weighted by molar-refractivity contribution is 9.11. The van der Waals surface area contributed by atoms with Gasteiger partial charge in [-0.05, 0) is 35.0 Å². The van der Waals surface area contributed by atoms with Crippen molar-refractivity contribution in [2.75, 3.05) is 6.61 Å². The average Bonchev–Trinajstić information content (AvgIpc) is 2.70. The summed E-state index contributed by atoms with van der Waals surface area (Å²) in [6.45, 7) is 2.49. The molecule has 2 rings (SSSR count). The summed E-state index contributed by atoms with van der Waals surface area (Å²) in [5, 5.41) is 11.0. The molecule has 1 N–H and O–H groups in total. The van der Waals surface area contributed by atoms with Crippen molar-refractivity contribution in [1.82, 2.24) is 0 Å². The maximum Gasteiger partial charge on any atom is 0.125 e. The predicted molar refractivity (Wildman–Crippen MR) is 78.7 cm³/mol. The number of benzene rings is 1. The molecule has 0 saturated heterocycles. The van der Waals surface area contributed by atoms with Crippen LogP contribution in [-0.2, 0) is 0 Å². The number of thiophene rings is 1. The van der Waals surface area contributed by atoms with Crippen molar-refractivity contribution in [2.24, 2.45) is 0 Å². The SMILES string of the molecule is CCOc1ccccc1C(O)c1cc(Cl)c(Br)s1. The number of aliphatic hydroxyl groups excluding tert-OH is 1. The predicted octanol–water partition coefficient (Wildman–Crippen LogP) is 4.64. The smallest absolute Gasteiger partial charge is 0.125 e. The lowest BCUT2D eigenvalue weighted by Crippen LogP contribution is -2.02. The Labute approximate surface area is 123 Å². The van der Waals surface area contributed by atoms with Crippen LogP contribution in [0.25, 0.3) is 0 Å². The fraction of sp³-hybridized carbons (Fsp3) is 0.231. The summed E-state index contributed by atoms with van der Waals surface area (Å²) in [5.74, 6) is 0.702. The van der Waals surface area contributed by atoms with E-state index in [1.807, 2.05) is 31.2 Å². The minimum atomic E-state index is -0.721. The zero-order valence-electron chi connectivity index (χ0n) is 9.69. The number of hydrogen-bond donors (Lipinski definition) is 1. The first-order valence-corrected chi connectivity index (χ1v) is 7.46. The maximum absolute atomic E-state index is 10.4. The molecule has 0 saturated carbocycles. The average molecular weight is 348 g/mol. The van der Waals surface area contributed by atoms with Gasteiger partial charge in [0.25, 0.3) is 0 Å². The van der Waals surface area contributed by atoms with Crippen molar-refractivity contribution in [2.45, 2.75) is 13.0 Å². The third-order valence-corrected chi connectivity index (χ3v) is 4.97. The molecule has 0 amide bonds. The second kappa shape index (κ2) is 6.06. The Hall–Kier alpha value is -0.550. The Bertz CT molecular complexity index is 522. The third-order valence-electron chi connectivity index (χ3n) is 2.45. The summed E-state index contributed by atoms with van der Waals surface area (Å²) in [4.78, 5) is 0.791. The van der Waals surface area contributed by atoms with Crippen LogP contribution in [0.3, 0.4) is 0 Å². The summed E-state index contributed by atoms with van der Waals surface area (Å²) in [5.41, 5.74) is 0.754. The van der Waals surface area contributed by atoms with Gasteiger partial charge in [-0.3, -0.25) is 0 Å².